The van der Waals surface area contributed by atoms with Crippen LogP contribution in [-0.4, -0.2) is 24.1 Å². The molecule has 1 atom stereocenters. The Hall–Kier alpha value is -1.29. The molecule has 1 aromatic rings. The Morgan fingerprint density at radius 3 is 2.82 bits per heavy atom. The van der Waals surface area contributed by atoms with Crippen LogP contribution in [0.25, 0.3) is 0 Å². The minimum absolute atomic E-state index is 0.0824. The van der Waals surface area contributed by atoms with E-state index in [1.54, 1.807) is 7.05 Å². The molecule has 17 heavy (non-hydrogen) atoms. The molecule has 0 bridgehead atoms. The van der Waals surface area contributed by atoms with Gasteiger partial charge >= 0.3 is 0 Å². The van der Waals surface area contributed by atoms with Crippen LogP contribution < -0.4 is 10.6 Å². The SMILES string of the molecule is CCNC(CC)c1ccn(CCC(=O)NC)c1. The van der Waals surface area contributed by atoms with Crippen molar-refractivity contribution in [1.29, 1.82) is 0 Å². The predicted octanol–water partition coefficient (Wildman–Crippen LogP) is 1.68. The summed E-state index contributed by atoms with van der Waals surface area (Å²) in [4.78, 5) is 11.1. The zero-order valence-electron chi connectivity index (χ0n) is 11.0. The average Bonchev–Trinajstić information content (AvgIpc) is 2.81. The monoisotopic (exact) mass is 237 g/mol. The Morgan fingerprint density at radius 2 is 2.24 bits per heavy atom. The second-order valence-electron chi connectivity index (χ2n) is 4.12. The first-order chi connectivity index (χ1) is 8.21. The molecule has 0 spiro atoms. The van der Waals surface area contributed by atoms with Crippen LogP contribution in [0.1, 0.15) is 38.3 Å². The molecule has 1 rings (SSSR count). The summed E-state index contributed by atoms with van der Waals surface area (Å²) in [5.41, 5.74) is 1.30. The third kappa shape index (κ3) is 4.23. The summed E-state index contributed by atoms with van der Waals surface area (Å²) in [5.74, 6) is 0.0824. The number of aryl methyl sites for hydroxylation is 1. The lowest BCUT2D eigenvalue weighted by molar-refractivity contribution is -0.120. The zero-order chi connectivity index (χ0) is 12.7. The van der Waals surface area contributed by atoms with Crippen LogP contribution in [0.3, 0.4) is 0 Å². The van der Waals surface area contributed by atoms with Gasteiger partial charge in [0.1, 0.15) is 0 Å². The van der Waals surface area contributed by atoms with E-state index in [0.717, 1.165) is 19.5 Å². The van der Waals surface area contributed by atoms with Crippen molar-refractivity contribution in [2.45, 2.75) is 39.3 Å². The number of carbonyl (C=O) groups is 1. The fourth-order valence-corrected chi connectivity index (χ4v) is 1.90. The Kier molecular flexibility index (Phi) is 5.77. The molecule has 1 unspecified atom stereocenters. The van der Waals surface area contributed by atoms with Crippen LogP contribution in [0.4, 0.5) is 0 Å². The molecular weight excluding hydrogens is 214 g/mol. The minimum atomic E-state index is 0.0824. The molecule has 0 saturated heterocycles. The lowest BCUT2D eigenvalue weighted by Gasteiger charge is -2.13. The topological polar surface area (TPSA) is 46.1 Å². The van der Waals surface area contributed by atoms with Gasteiger partial charge in [-0.05, 0) is 24.6 Å². The van der Waals surface area contributed by atoms with Gasteiger partial charge in [0, 0.05) is 38.4 Å². The highest BCUT2D eigenvalue weighted by molar-refractivity contribution is 5.75. The quantitative estimate of drug-likeness (QED) is 0.758. The van der Waals surface area contributed by atoms with E-state index in [1.807, 2.05) is 6.20 Å². The number of nitrogens with one attached hydrogen (secondary N) is 2. The van der Waals surface area contributed by atoms with Crippen LogP contribution in [0.15, 0.2) is 18.5 Å². The van der Waals surface area contributed by atoms with Gasteiger partial charge in [0.2, 0.25) is 5.91 Å². The van der Waals surface area contributed by atoms with Gasteiger partial charge < -0.3 is 15.2 Å². The molecule has 0 fully saturated rings. The molecule has 2 N–H and O–H groups in total. The van der Waals surface area contributed by atoms with Gasteiger partial charge in [-0.1, -0.05) is 13.8 Å². The number of rotatable bonds is 7. The molecule has 0 aliphatic carbocycles. The van der Waals surface area contributed by atoms with Gasteiger partial charge in [0.15, 0.2) is 0 Å². The maximum absolute atomic E-state index is 11.1. The van der Waals surface area contributed by atoms with Crippen LogP contribution in [0.5, 0.6) is 0 Å². The highest BCUT2D eigenvalue weighted by Gasteiger charge is 2.09. The first-order valence-electron chi connectivity index (χ1n) is 6.30. The second kappa shape index (κ2) is 7.12. The lowest BCUT2D eigenvalue weighted by atomic mass is 10.1. The summed E-state index contributed by atoms with van der Waals surface area (Å²) in [7, 11) is 1.67. The lowest BCUT2D eigenvalue weighted by Crippen LogP contribution is -2.20. The molecule has 0 aromatic carbocycles. The van der Waals surface area contributed by atoms with Crippen molar-refractivity contribution in [2.24, 2.45) is 0 Å². The summed E-state index contributed by atoms with van der Waals surface area (Å²) >= 11 is 0. The van der Waals surface area contributed by atoms with E-state index in [4.69, 9.17) is 0 Å². The first-order valence-corrected chi connectivity index (χ1v) is 6.30. The maximum Gasteiger partial charge on any atom is 0.221 e. The van der Waals surface area contributed by atoms with E-state index in [2.05, 4.69) is 41.3 Å². The van der Waals surface area contributed by atoms with Crippen molar-refractivity contribution in [3.63, 3.8) is 0 Å². The van der Waals surface area contributed by atoms with E-state index in [0.29, 0.717) is 12.5 Å². The van der Waals surface area contributed by atoms with E-state index in [1.165, 1.54) is 5.56 Å². The van der Waals surface area contributed by atoms with Crippen LogP contribution >= 0.6 is 0 Å². The maximum atomic E-state index is 11.1. The highest BCUT2D eigenvalue weighted by atomic mass is 16.1. The number of carbonyl (C=O) groups excluding carboxylic acids is 1. The van der Waals surface area contributed by atoms with Crippen molar-refractivity contribution < 1.29 is 4.79 Å². The second-order valence-corrected chi connectivity index (χ2v) is 4.12. The standard InChI is InChI=1S/C13H23N3O/c1-4-12(15-5-2)11-6-8-16(10-11)9-7-13(17)14-3/h6,8,10,12,15H,4-5,7,9H2,1-3H3,(H,14,17). The van der Waals surface area contributed by atoms with Crippen molar-refractivity contribution in [2.75, 3.05) is 13.6 Å². The van der Waals surface area contributed by atoms with E-state index < -0.39 is 0 Å². The molecule has 96 valence electrons. The van der Waals surface area contributed by atoms with Crippen LogP contribution in [-0.2, 0) is 11.3 Å². The average molecular weight is 237 g/mol. The summed E-state index contributed by atoms with van der Waals surface area (Å²) < 4.78 is 2.07. The molecule has 0 radical (unpaired) electrons. The molecular formula is C13H23N3O. The van der Waals surface area contributed by atoms with Gasteiger partial charge in [-0.2, -0.15) is 0 Å². The summed E-state index contributed by atoms with van der Waals surface area (Å²) in [6.45, 7) is 6.00. The first kappa shape index (κ1) is 13.8. The molecule has 4 heteroatoms. The fourth-order valence-electron chi connectivity index (χ4n) is 1.90. The van der Waals surface area contributed by atoms with E-state index in [9.17, 15) is 4.79 Å². The molecule has 0 aliphatic heterocycles. The Morgan fingerprint density at radius 1 is 1.47 bits per heavy atom. The molecule has 0 aliphatic rings. The van der Waals surface area contributed by atoms with E-state index in [-0.39, 0.29) is 5.91 Å². The Bertz CT molecular complexity index is 346. The van der Waals surface area contributed by atoms with Crippen molar-refractivity contribution in [1.82, 2.24) is 15.2 Å². The number of hydrogen-bond donors (Lipinski definition) is 2. The Balaban J connectivity index is 2.54. The normalized spacial score (nSPS) is 12.4. The summed E-state index contributed by atoms with van der Waals surface area (Å²) in [6.07, 6.45) is 5.77. The molecule has 1 heterocycles. The molecule has 0 saturated carbocycles. The number of nitrogens with zero attached hydrogens (tertiary/aromatic N) is 1. The number of amides is 1. The predicted molar refractivity (Wildman–Crippen MR) is 69.8 cm³/mol. The largest absolute Gasteiger partial charge is 0.359 e. The van der Waals surface area contributed by atoms with Gasteiger partial charge in [-0.15, -0.1) is 0 Å². The summed E-state index contributed by atoms with van der Waals surface area (Å²) in [5, 5.41) is 6.08. The molecule has 1 aromatic heterocycles. The van der Waals surface area contributed by atoms with Gasteiger partial charge in [0.05, 0.1) is 0 Å². The number of aromatic nitrogens is 1. The molecule has 1 amide bonds. The fraction of sp³-hybridized carbons (Fsp3) is 0.615. The Labute approximate surface area is 103 Å². The van der Waals surface area contributed by atoms with Gasteiger partial charge in [0.25, 0.3) is 0 Å². The minimum Gasteiger partial charge on any atom is -0.359 e. The van der Waals surface area contributed by atoms with E-state index >= 15 is 0 Å². The number of hydrogen-bond acceptors (Lipinski definition) is 2. The zero-order valence-corrected chi connectivity index (χ0v) is 11.0. The van der Waals surface area contributed by atoms with Crippen molar-refractivity contribution >= 4 is 5.91 Å². The van der Waals surface area contributed by atoms with Gasteiger partial charge in [-0.25, -0.2) is 0 Å². The van der Waals surface area contributed by atoms with Gasteiger partial charge in [-0.3, -0.25) is 4.79 Å². The third-order valence-electron chi connectivity index (χ3n) is 2.91. The third-order valence-corrected chi connectivity index (χ3v) is 2.91. The smallest absolute Gasteiger partial charge is 0.221 e. The van der Waals surface area contributed by atoms with Crippen molar-refractivity contribution in [3.05, 3.63) is 24.0 Å². The van der Waals surface area contributed by atoms with Crippen LogP contribution in [0.2, 0.25) is 0 Å². The molecule has 4 nitrogen and oxygen atoms in total. The highest BCUT2D eigenvalue weighted by Crippen LogP contribution is 2.16. The van der Waals surface area contributed by atoms with Crippen LogP contribution in [0, 0.1) is 0 Å². The summed E-state index contributed by atoms with van der Waals surface area (Å²) in [6, 6.07) is 2.54. The van der Waals surface area contributed by atoms with Crippen molar-refractivity contribution in [3.8, 4) is 0 Å².